The zero-order valence-corrected chi connectivity index (χ0v) is 15.7. The Labute approximate surface area is 156 Å². The predicted molar refractivity (Wildman–Crippen MR) is 96.5 cm³/mol. The van der Waals surface area contributed by atoms with E-state index in [1.165, 1.54) is 0 Å². The predicted octanol–water partition coefficient (Wildman–Crippen LogP) is 2.79. The third-order valence-electron chi connectivity index (χ3n) is 4.50. The number of imidazole rings is 1. The van der Waals surface area contributed by atoms with Crippen LogP contribution in [0.1, 0.15) is 43.6 Å². The Balaban J connectivity index is 1.70. The summed E-state index contributed by atoms with van der Waals surface area (Å²) in [5.41, 5.74) is 0.361. The zero-order valence-electron chi connectivity index (χ0n) is 15.0. The summed E-state index contributed by atoms with van der Waals surface area (Å²) in [6.45, 7) is 4.26. The van der Waals surface area contributed by atoms with Gasteiger partial charge < -0.3 is 15.2 Å². The number of hydrogen-bond acceptors (Lipinski definition) is 5. The van der Waals surface area contributed by atoms with Crippen LogP contribution in [0.15, 0.2) is 18.7 Å². The van der Waals surface area contributed by atoms with Crippen LogP contribution in [0, 0.1) is 11.2 Å². The largest absolute Gasteiger partial charge is 0.365 e. The van der Waals surface area contributed by atoms with Crippen LogP contribution in [0.2, 0.25) is 5.28 Å². The van der Waals surface area contributed by atoms with Crippen molar-refractivity contribution >= 4 is 23.3 Å². The molecular weight excluding hydrogens is 359 g/mol. The molecule has 2 aromatic heterocycles. The maximum Gasteiger partial charge on any atom is 0.271 e. The average Bonchev–Trinajstić information content (AvgIpc) is 2.96. The Morgan fingerprint density at radius 2 is 2.08 bits per heavy atom. The van der Waals surface area contributed by atoms with E-state index in [2.05, 4.69) is 39.4 Å². The lowest BCUT2D eigenvalue weighted by Gasteiger charge is -2.40. The number of nitrogens with zero attached hydrogens (tertiary/aromatic N) is 4. The van der Waals surface area contributed by atoms with Crippen LogP contribution in [0.4, 0.5) is 10.2 Å². The Morgan fingerprint density at radius 1 is 1.35 bits per heavy atom. The Bertz CT molecular complexity index is 808. The normalized spacial score (nSPS) is 22.0. The molecule has 0 radical (unpaired) electrons. The van der Waals surface area contributed by atoms with Crippen LogP contribution in [-0.4, -0.2) is 37.5 Å². The standard InChI is InChI=1S/C17H22ClFN6O/c1-17(2)5-10(22-14-12(19)7-20-16(18)24-14)4-11(6-17)23-15(26)13-8-25(3)9-21-13/h7-11H,4-6H2,1-3H3,(H,23,26)(H,20,22,24). The van der Waals surface area contributed by atoms with Gasteiger partial charge in [-0.05, 0) is 36.3 Å². The Hall–Kier alpha value is -2.22. The van der Waals surface area contributed by atoms with Crippen molar-refractivity contribution in [3.05, 3.63) is 35.5 Å². The van der Waals surface area contributed by atoms with Crippen molar-refractivity contribution < 1.29 is 9.18 Å². The maximum atomic E-state index is 13.9. The zero-order chi connectivity index (χ0) is 18.9. The molecule has 1 aliphatic rings. The fourth-order valence-corrected chi connectivity index (χ4v) is 3.71. The second-order valence-corrected chi connectivity index (χ2v) is 7.92. The van der Waals surface area contributed by atoms with Crippen molar-refractivity contribution in [2.45, 2.75) is 45.2 Å². The smallest absolute Gasteiger partial charge is 0.271 e. The highest BCUT2D eigenvalue weighted by Gasteiger charge is 2.35. The molecule has 9 heteroatoms. The summed E-state index contributed by atoms with van der Waals surface area (Å²) in [6, 6.07) is -0.0978. The average molecular weight is 381 g/mol. The highest BCUT2D eigenvalue weighted by atomic mass is 35.5. The Kier molecular flexibility index (Phi) is 5.13. The van der Waals surface area contributed by atoms with Crippen molar-refractivity contribution in [1.82, 2.24) is 24.8 Å². The van der Waals surface area contributed by atoms with E-state index in [1.54, 1.807) is 17.1 Å². The number of hydrogen-bond donors (Lipinski definition) is 2. The summed E-state index contributed by atoms with van der Waals surface area (Å²) in [4.78, 5) is 24.0. The van der Waals surface area contributed by atoms with Crippen molar-refractivity contribution in [1.29, 1.82) is 0 Å². The van der Waals surface area contributed by atoms with Gasteiger partial charge in [0.25, 0.3) is 5.91 Å². The number of carbonyl (C=O) groups excluding carboxylic acids is 1. The molecule has 1 fully saturated rings. The second-order valence-electron chi connectivity index (χ2n) is 7.58. The molecule has 1 saturated carbocycles. The summed E-state index contributed by atoms with van der Waals surface area (Å²) in [6.07, 6.45) is 6.62. The number of halogens is 2. The lowest BCUT2D eigenvalue weighted by Crippen LogP contribution is -2.47. The fourth-order valence-electron chi connectivity index (χ4n) is 3.58. The minimum absolute atomic E-state index is 0.0102. The van der Waals surface area contributed by atoms with E-state index in [1.807, 2.05) is 7.05 Å². The van der Waals surface area contributed by atoms with Gasteiger partial charge in [-0.3, -0.25) is 4.79 Å². The molecule has 140 valence electrons. The van der Waals surface area contributed by atoms with E-state index < -0.39 is 5.82 Å². The number of rotatable bonds is 4. The molecule has 0 bridgehead atoms. The molecule has 2 unspecified atom stereocenters. The highest BCUT2D eigenvalue weighted by Crippen LogP contribution is 2.37. The SMILES string of the molecule is Cn1cnc(C(=O)NC2CC(Nc3nc(Cl)ncc3F)CC(C)(C)C2)c1. The third kappa shape index (κ3) is 4.49. The second kappa shape index (κ2) is 7.19. The Morgan fingerprint density at radius 3 is 2.77 bits per heavy atom. The summed E-state index contributed by atoms with van der Waals surface area (Å²) in [7, 11) is 1.81. The molecule has 0 aliphatic heterocycles. The van der Waals surface area contributed by atoms with Gasteiger partial charge >= 0.3 is 0 Å². The molecule has 2 aromatic rings. The third-order valence-corrected chi connectivity index (χ3v) is 4.68. The van der Waals surface area contributed by atoms with E-state index in [0.29, 0.717) is 12.1 Å². The first-order valence-electron chi connectivity index (χ1n) is 8.45. The van der Waals surface area contributed by atoms with E-state index in [9.17, 15) is 9.18 Å². The van der Waals surface area contributed by atoms with Crippen LogP contribution < -0.4 is 10.6 Å². The monoisotopic (exact) mass is 380 g/mol. The minimum atomic E-state index is -0.549. The molecule has 3 rings (SSSR count). The number of aryl methyl sites for hydroxylation is 1. The lowest BCUT2D eigenvalue weighted by atomic mass is 9.72. The van der Waals surface area contributed by atoms with Gasteiger partial charge in [0, 0.05) is 25.3 Å². The topological polar surface area (TPSA) is 84.7 Å². The van der Waals surface area contributed by atoms with Gasteiger partial charge in [0.2, 0.25) is 5.28 Å². The van der Waals surface area contributed by atoms with Crippen LogP contribution in [0.5, 0.6) is 0 Å². The van der Waals surface area contributed by atoms with Gasteiger partial charge in [-0.1, -0.05) is 13.8 Å². The fraction of sp³-hybridized carbons (Fsp3) is 0.529. The highest BCUT2D eigenvalue weighted by molar-refractivity contribution is 6.28. The van der Waals surface area contributed by atoms with Crippen molar-refractivity contribution in [2.75, 3.05) is 5.32 Å². The van der Waals surface area contributed by atoms with Crippen molar-refractivity contribution in [3.63, 3.8) is 0 Å². The van der Waals surface area contributed by atoms with Crippen LogP contribution in [-0.2, 0) is 7.05 Å². The summed E-state index contributed by atoms with van der Waals surface area (Å²) in [5.74, 6) is -0.669. The van der Waals surface area contributed by atoms with E-state index >= 15 is 0 Å². The molecule has 2 N–H and O–H groups in total. The van der Waals surface area contributed by atoms with Crippen molar-refractivity contribution in [3.8, 4) is 0 Å². The van der Waals surface area contributed by atoms with Crippen LogP contribution >= 0.6 is 11.6 Å². The molecule has 2 heterocycles. The number of carbonyl (C=O) groups is 1. The van der Waals surface area contributed by atoms with Gasteiger partial charge in [0.05, 0.1) is 12.5 Å². The maximum absolute atomic E-state index is 13.9. The number of nitrogens with one attached hydrogen (secondary N) is 2. The summed E-state index contributed by atoms with van der Waals surface area (Å²) in [5, 5.41) is 6.14. The molecule has 0 spiro atoms. The van der Waals surface area contributed by atoms with Gasteiger partial charge in [0.1, 0.15) is 5.69 Å². The lowest BCUT2D eigenvalue weighted by molar-refractivity contribution is 0.0892. The first-order chi connectivity index (χ1) is 12.2. The molecule has 0 saturated heterocycles. The molecular formula is C17H22ClFN6O. The first-order valence-corrected chi connectivity index (χ1v) is 8.83. The van der Waals surface area contributed by atoms with Crippen LogP contribution in [0.25, 0.3) is 0 Å². The molecule has 7 nitrogen and oxygen atoms in total. The van der Waals surface area contributed by atoms with Gasteiger partial charge in [-0.2, -0.15) is 4.98 Å². The van der Waals surface area contributed by atoms with Crippen molar-refractivity contribution in [2.24, 2.45) is 12.5 Å². The first kappa shape index (κ1) is 18.6. The van der Waals surface area contributed by atoms with E-state index in [4.69, 9.17) is 11.6 Å². The number of anilines is 1. The molecule has 2 atom stereocenters. The molecule has 1 amide bonds. The van der Waals surface area contributed by atoms with Gasteiger partial charge in [-0.25, -0.2) is 14.4 Å². The van der Waals surface area contributed by atoms with E-state index in [-0.39, 0.29) is 34.5 Å². The van der Waals surface area contributed by atoms with Gasteiger partial charge in [-0.15, -0.1) is 0 Å². The number of aromatic nitrogens is 4. The minimum Gasteiger partial charge on any atom is -0.365 e. The van der Waals surface area contributed by atoms with Crippen LogP contribution in [0.3, 0.4) is 0 Å². The van der Waals surface area contributed by atoms with Gasteiger partial charge in [0.15, 0.2) is 11.6 Å². The molecule has 1 aliphatic carbocycles. The molecule has 26 heavy (non-hydrogen) atoms. The number of amides is 1. The quantitative estimate of drug-likeness (QED) is 0.797. The summed E-state index contributed by atoms with van der Waals surface area (Å²) >= 11 is 5.76. The van der Waals surface area contributed by atoms with E-state index in [0.717, 1.165) is 19.0 Å². The summed E-state index contributed by atoms with van der Waals surface area (Å²) < 4.78 is 15.6. The molecule has 0 aromatic carbocycles.